The summed E-state index contributed by atoms with van der Waals surface area (Å²) >= 11 is 5.74. The lowest BCUT2D eigenvalue weighted by atomic mass is 10.0. The first-order valence-electron chi connectivity index (χ1n) is 5.37. The van der Waals surface area contributed by atoms with Crippen molar-refractivity contribution < 1.29 is 9.90 Å². The maximum atomic E-state index is 11.8. The standard InChI is InChI=1S/C12H16ClNO2/c1-3-8(4-2)12(16)14-9-5-6-11(15)10(13)7-9/h5-8,15H,3-4H2,1-2H3,(H,14,16). The van der Waals surface area contributed by atoms with Gasteiger partial charge in [-0.25, -0.2) is 0 Å². The van der Waals surface area contributed by atoms with Gasteiger partial charge in [-0.1, -0.05) is 25.4 Å². The number of carbonyl (C=O) groups is 1. The predicted molar refractivity (Wildman–Crippen MR) is 65.8 cm³/mol. The maximum absolute atomic E-state index is 11.8. The van der Waals surface area contributed by atoms with Crippen LogP contribution in [-0.2, 0) is 4.79 Å². The number of nitrogens with one attached hydrogen (secondary N) is 1. The highest BCUT2D eigenvalue weighted by Gasteiger charge is 2.14. The summed E-state index contributed by atoms with van der Waals surface area (Å²) in [5, 5.41) is 12.3. The molecule has 0 saturated carbocycles. The minimum Gasteiger partial charge on any atom is -0.506 e. The summed E-state index contributed by atoms with van der Waals surface area (Å²) in [5.74, 6) is 0.0292. The van der Waals surface area contributed by atoms with Crippen molar-refractivity contribution >= 4 is 23.2 Å². The van der Waals surface area contributed by atoms with Gasteiger partial charge in [-0.2, -0.15) is 0 Å². The van der Waals surface area contributed by atoms with E-state index in [-0.39, 0.29) is 22.6 Å². The fourth-order valence-corrected chi connectivity index (χ4v) is 1.67. The van der Waals surface area contributed by atoms with Gasteiger partial charge in [0.15, 0.2) is 0 Å². The van der Waals surface area contributed by atoms with E-state index in [0.29, 0.717) is 5.69 Å². The minimum atomic E-state index is -0.00763. The third-order valence-corrected chi connectivity index (χ3v) is 2.87. The Labute approximate surface area is 100 Å². The molecule has 1 aromatic rings. The van der Waals surface area contributed by atoms with Crippen LogP contribution in [0, 0.1) is 5.92 Å². The topological polar surface area (TPSA) is 49.3 Å². The first-order valence-corrected chi connectivity index (χ1v) is 5.75. The fourth-order valence-electron chi connectivity index (χ4n) is 1.49. The maximum Gasteiger partial charge on any atom is 0.227 e. The number of amides is 1. The minimum absolute atomic E-state index is 0.00763. The quantitative estimate of drug-likeness (QED) is 0.794. The molecular weight excluding hydrogens is 226 g/mol. The molecule has 0 aromatic heterocycles. The van der Waals surface area contributed by atoms with Gasteiger partial charge < -0.3 is 10.4 Å². The van der Waals surface area contributed by atoms with E-state index in [1.165, 1.54) is 12.1 Å². The molecule has 2 N–H and O–H groups in total. The van der Waals surface area contributed by atoms with Gasteiger partial charge in [-0.05, 0) is 31.0 Å². The molecule has 0 aliphatic heterocycles. The van der Waals surface area contributed by atoms with E-state index in [4.69, 9.17) is 11.6 Å². The number of phenols is 1. The van der Waals surface area contributed by atoms with Crippen molar-refractivity contribution in [1.82, 2.24) is 0 Å². The summed E-state index contributed by atoms with van der Waals surface area (Å²) < 4.78 is 0. The summed E-state index contributed by atoms with van der Waals surface area (Å²) in [6.45, 7) is 3.97. The van der Waals surface area contributed by atoms with Crippen LogP contribution < -0.4 is 5.32 Å². The van der Waals surface area contributed by atoms with E-state index in [1.807, 2.05) is 13.8 Å². The molecule has 0 fully saturated rings. The van der Waals surface area contributed by atoms with Gasteiger partial charge in [0.2, 0.25) is 5.91 Å². The van der Waals surface area contributed by atoms with Crippen LogP contribution in [0.25, 0.3) is 0 Å². The van der Waals surface area contributed by atoms with Crippen molar-refractivity contribution in [1.29, 1.82) is 0 Å². The molecule has 0 aliphatic rings. The van der Waals surface area contributed by atoms with Crippen LogP contribution in [0.5, 0.6) is 5.75 Å². The number of anilines is 1. The third-order valence-electron chi connectivity index (χ3n) is 2.57. The zero-order chi connectivity index (χ0) is 12.1. The Morgan fingerprint density at radius 3 is 2.56 bits per heavy atom. The van der Waals surface area contributed by atoms with E-state index in [2.05, 4.69) is 5.32 Å². The monoisotopic (exact) mass is 241 g/mol. The van der Waals surface area contributed by atoms with E-state index in [0.717, 1.165) is 12.8 Å². The summed E-state index contributed by atoms with van der Waals surface area (Å²) in [6.07, 6.45) is 1.63. The Bertz CT molecular complexity index is 375. The molecule has 1 rings (SSSR count). The first kappa shape index (κ1) is 12.8. The summed E-state index contributed by atoms with van der Waals surface area (Å²) in [5.41, 5.74) is 0.611. The van der Waals surface area contributed by atoms with Gasteiger partial charge in [0.1, 0.15) is 5.75 Å². The van der Waals surface area contributed by atoms with Crippen LogP contribution >= 0.6 is 11.6 Å². The molecule has 1 amide bonds. The fraction of sp³-hybridized carbons (Fsp3) is 0.417. The highest BCUT2D eigenvalue weighted by Crippen LogP contribution is 2.26. The molecule has 0 saturated heterocycles. The molecule has 0 spiro atoms. The Morgan fingerprint density at radius 2 is 2.06 bits per heavy atom. The highest BCUT2D eigenvalue weighted by molar-refractivity contribution is 6.32. The van der Waals surface area contributed by atoms with Crippen molar-refractivity contribution in [2.75, 3.05) is 5.32 Å². The van der Waals surface area contributed by atoms with Crippen LogP contribution in [0.2, 0.25) is 5.02 Å². The first-order chi connectivity index (χ1) is 7.58. The lowest BCUT2D eigenvalue weighted by Gasteiger charge is -2.13. The van der Waals surface area contributed by atoms with Gasteiger partial charge in [0.05, 0.1) is 5.02 Å². The van der Waals surface area contributed by atoms with Gasteiger partial charge in [-0.3, -0.25) is 4.79 Å². The Morgan fingerprint density at radius 1 is 1.44 bits per heavy atom. The number of rotatable bonds is 4. The molecule has 3 nitrogen and oxygen atoms in total. The smallest absolute Gasteiger partial charge is 0.227 e. The van der Waals surface area contributed by atoms with E-state index in [1.54, 1.807) is 6.07 Å². The molecule has 0 radical (unpaired) electrons. The molecular formula is C12H16ClNO2. The predicted octanol–water partition coefficient (Wildman–Crippen LogP) is 3.42. The molecule has 4 heteroatoms. The molecule has 0 bridgehead atoms. The number of halogens is 1. The molecule has 0 unspecified atom stereocenters. The average molecular weight is 242 g/mol. The van der Waals surface area contributed by atoms with Crippen molar-refractivity contribution in [2.45, 2.75) is 26.7 Å². The second-order valence-corrected chi connectivity index (χ2v) is 4.08. The second kappa shape index (κ2) is 5.75. The highest BCUT2D eigenvalue weighted by atomic mass is 35.5. The summed E-state index contributed by atoms with van der Waals surface area (Å²) in [6, 6.07) is 4.63. The molecule has 0 heterocycles. The van der Waals surface area contributed by atoms with Gasteiger partial charge >= 0.3 is 0 Å². The number of hydrogen-bond donors (Lipinski definition) is 2. The van der Waals surface area contributed by atoms with Crippen molar-refractivity contribution in [3.63, 3.8) is 0 Å². The van der Waals surface area contributed by atoms with Crippen LogP contribution in [0.1, 0.15) is 26.7 Å². The van der Waals surface area contributed by atoms with Gasteiger partial charge in [0.25, 0.3) is 0 Å². The molecule has 88 valence electrons. The average Bonchev–Trinajstić information content (AvgIpc) is 2.25. The lowest BCUT2D eigenvalue weighted by Crippen LogP contribution is -2.21. The Kier molecular flexibility index (Phi) is 4.62. The normalized spacial score (nSPS) is 10.5. The van der Waals surface area contributed by atoms with E-state index < -0.39 is 0 Å². The zero-order valence-electron chi connectivity index (χ0n) is 9.46. The Hall–Kier alpha value is -1.22. The van der Waals surface area contributed by atoms with Crippen LogP contribution in [0.4, 0.5) is 5.69 Å². The van der Waals surface area contributed by atoms with Crippen molar-refractivity contribution in [3.05, 3.63) is 23.2 Å². The lowest BCUT2D eigenvalue weighted by molar-refractivity contribution is -0.120. The third kappa shape index (κ3) is 3.14. The number of hydrogen-bond acceptors (Lipinski definition) is 2. The van der Waals surface area contributed by atoms with Crippen molar-refractivity contribution in [3.8, 4) is 5.75 Å². The number of benzene rings is 1. The SMILES string of the molecule is CCC(CC)C(=O)Nc1ccc(O)c(Cl)c1. The Balaban J connectivity index is 2.73. The van der Waals surface area contributed by atoms with E-state index >= 15 is 0 Å². The van der Waals surface area contributed by atoms with Gasteiger partial charge in [-0.15, -0.1) is 0 Å². The van der Waals surface area contributed by atoms with Crippen LogP contribution in [-0.4, -0.2) is 11.0 Å². The summed E-state index contributed by atoms with van der Waals surface area (Å²) in [4.78, 5) is 11.8. The number of carbonyl (C=O) groups excluding carboxylic acids is 1. The van der Waals surface area contributed by atoms with Gasteiger partial charge in [0, 0.05) is 11.6 Å². The largest absolute Gasteiger partial charge is 0.506 e. The number of phenolic OH excluding ortho intramolecular Hbond substituents is 1. The molecule has 0 aliphatic carbocycles. The number of aromatic hydroxyl groups is 1. The molecule has 1 aromatic carbocycles. The van der Waals surface area contributed by atoms with Crippen LogP contribution in [0.15, 0.2) is 18.2 Å². The second-order valence-electron chi connectivity index (χ2n) is 3.67. The zero-order valence-corrected chi connectivity index (χ0v) is 10.2. The van der Waals surface area contributed by atoms with E-state index in [9.17, 15) is 9.90 Å². The molecule has 0 atom stereocenters. The van der Waals surface area contributed by atoms with Crippen LogP contribution in [0.3, 0.4) is 0 Å². The summed E-state index contributed by atoms with van der Waals surface area (Å²) in [7, 11) is 0. The molecule has 16 heavy (non-hydrogen) atoms. The van der Waals surface area contributed by atoms with Crippen molar-refractivity contribution in [2.24, 2.45) is 5.92 Å².